The minimum absolute atomic E-state index is 0.316. The minimum atomic E-state index is 0.316. The van der Waals surface area contributed by atoms with Crippen LogP contribution >= 0.6 is 11.6 Å². The second kappa shape index (κ2) is 7.02. The zero-order valence-corrected chi connectivity index (χ0v) is 12.4. The van der Waals surface area contributed by atoms with Gasteiger partial charge in [0.25, 0.3) is 0 Å². The molecular weight excluding hydrogens is 272 g/mol. The maximum absolute atomic E-state index is 5.87. The fourth-order valence-corrected chi connectivity index (χ4v) is 2.03. The Labute approximate surface area is 124 Å². The Kier molecular flexibility index (Phi) is 5.09. The molecule has 0 atom stereocenters. The van der Waals surface area contributed by atoms with Gasteiger partial charge in [-0.05, 0) is 32.0 Å². The summed E-state index contributed by atoms with van der Waals surface area (Å²) < 4.78 is 7.82. The molecule has 0 radical (unpaired) electrons. The van der Waals surface area contributed by atoms with Gasteiger partial charge in [0.2, 0.25) is 0 Å². The number of hydrogen-bond acceptors (Lipinski definition) is 2. The molecule has 20 heavy (non-hydrogen) atoms. The van der Waals surface area contributed by atoms with Crippen LogP contribution in [-0.4, -0.2) is 15.7 Å². The van der Waals surface area contributed by atoms with Crippen LogP contribution in [0.25, 0.3) is 0 Å². The second-order valence-electron chi connectivity index (χ2n) is 4.31. The first kappa shape index (κ1) is 14.5. The number of nitrogens with zero attached hydrogens (tertiary/aromatic N) is 2. The Morgan fingerprint density at radius 2 is 2.15 bits per heavy atom. The van der Waals surface area contributed by atoms with Gasteiger partial charge in [0, 0.05) is 6.54 Å². The van der Waals surface area contributed by atoms with Gasteiger partial charge in [-0.25, -0.2) is 0 Å². The van der Waals surface area contributed by atoms with Crippen molar-refractivity contribution in [2.45, 2.75) is 27.0 Å². The van der Waals surface area contributed by atoms with E-state index in [9.17, 15) is 0 Å². The van der Waals surface area contributed by atoms with Crippen molar-refractivity contribution in [3.63, 3.8) is 0 Å². The molecule has 0 amide bonds. The number of para-hydroxylation sites is 1. The zero-order valence-electron chi connectivity index (χ0n) is 11.7. The molecule has 0 aliphatic rings. The fraction of sp³-hybridized carbons (Fsp3) is 0.312. The Morgan fingerprint density at radius 3 is 2.90 bits per heavy atom. The number of benzene rings is 1. The van der Waals surface area contributed by atoms with E-state index in [1.807, 2.05) is 41.9 Å². The van der Waals surface area contributed by atoms with Crippen molar-refractivity contribution in [3.8, 4) is 17.6 Å². The third-order valence-electron chi connectivity index (χ3n) is 2.84. The highest BCUT2D eigenvalue weighted by Crippen LogP contribution is 2.18. The predicted molar refractivity (Wildman–Crippen MR) is 81.0 cm³/mol. The molecule has 0 spiro atoms. The van der Waals surface area contributed by atoms with E-state index < -0.39 is 0 Å². The number of rotatable bonds is 4. The molecule has 1 aromatic carbocycles. The van der Waals surface area contributed by atoms with E-state index in [0.717, 1.165) is 29.2 Å². The third kappa shape index (κ3) is 3.55. The lowest BCUT2D eigenvalue weighted by Crippen LogP contribution is -2.06. The van der Waals surface area contributed by atoms with Crippen molar-refractivity contribution in [1.29, 1.82) is 0 Å². The first-order valence-corrected chi connectivity index (χ1v) is 7.08. The van der Waals surface area contributed by atoms with Gasteiger partial charge < -0.3 is 4.74 Å². The maximum atomic E-state index is 5.87. The van der Waals surface area contributed by atoms with Crippen LogP contribution in [-0.2, 0) is 13.2 Å². The van der Waals surface area contributed by atoms with Crippen LogP contribution in [0.15, 0.2) is 30.3 Å². The van der Waals surface area contributed by atoms with E-state index in [0.29, 0.717) is 12.5 Å². The van der Waals surface area contributed by atoms with Gasteiger partial charge in [-0.2, -0.15) is 5.10 Å². The summed E-state index contributed by atoms with van der Waals surface area (Å²) >= 11 is 5.59. The Bertz CT molecular complexity index is 637. The molecule has 4 heteroatoms. The summed E-state index contributed by atoms with van der Waals surface area (Å²) in [6.45, 7) is 5.36. The molecule has 0 unspecified atom stereocenters. The van der Waals surface area contributed by atoms with Crippen molar-refractivity contribution < 1.29 is 4.74 Å². The number of halogens is 1. The topological polar surface area (TPSA) is 27.1 Å². The second-order valence-corrected chi connectivity index (χ2v) is 4.58. The molecule has 0 aliphatic heterocycles. The monoisotopic (exact) mass is 288 g/mol. The molecule has 1 aromatic heterocycles. The van der Waals surface area contributed by atoms with Crippen molar-refractivity contribution in [2.75, 3.05) is 5.88 Å². The Morgan fingerprint density at radius 1 is 1.35 bits per heavy atom. The van der Waals surface area contributed by atoms with Gasteiger partial charge in [-0.1, -0.05) is 24.0 Å². The van der Waals surface area contributed by atoms with E-state index >= 15 is 0 Å². The maximum Gasteiger partial charge on any atom is 0.135 e. The summed E-state index contributed by atoms with van der Waals surface area (Å²) in [5, 5.41) is 4.40. The molecule has 2 aromatic rings. The number of ether oxygens (including phenoxy) is 1. The van der Waals surface area contributed by atoms with Gasteiger partial charge in [-0.15, -0.1) is 11.6 Å². The SMILES string of the molecule is CCn1nc(C)cc1COc1ccccc1C#CCCl. The zero-order chi connectivity index (χ0) is 14.4. The van der Waals surface area contributed by atoms with Crippen LogP contribution in [0.2, 0.25) is 0 Å². The molecule has 3 nitrogen and oxygen atoms in total. The first-order valence-electron chi connectivity index (χ1n) is 6.54. The number of alkyl halides is 1. The van der Waals surface area contributed by atoms with Crippen LogP contribution in [0.1, 0.15) is 23.9 Å². The quantitative estimate of drug-likeness (QED) is 0.637. The standard InChI is InChI=1S/C16H17ClN2O/c1-3-19-15(11-13(2)18-19)12-20-16-9-5-4-7-14(16)8-6-10-17/h4-5,7,9,11H,3,10,12H2,1-2H3. The summed E-state index contributed by atoms with van der Waals surface area (Å²) in [5.74, 6) is 6.94. The summed E-state index contributed by atoms with van der Waals surface area (Å²) in [6, 6.07) is 9.75. The summed E-state index contributed by atoms with van der Waals surface area (Å²) in [5.41, 5.74) is 2.92. The molecule has 104 valence electrons. The van der Waals surface area contributed by atoms with E-state index in [4.69, 9.17) is 16.3 Å². The average molecular weight is 289 g/mol. The lowest BCUT2D eigenvalue weighted by atomic mass is 10.2. The molecule has 0 bridgehead atoms. The molecule has 0 aliphatic carbocycles. The molecule has 0 fully saturated rings. The van der Waals surface area contributed by atoms with E-state index in [-0.39, 0.29) is 0 Å². The van der Waals surface area contributed by atoms with Gasteiger partial charge in [0.15, 0.2) is 0 Å². The summed E-state index contributed by atoms with van der Waals surface area (Å²) in [6.07, 6.45) is 0. The van der Waals surface area contributed by atoms with Crippen LogP contribution in [0.5, 0.6) is 5.75 Å². The van der Waals surface area contributed by atoms with Gasteiger partial charge in [-0.3, -0.25) is 4.68 Å². The number of aryl methyl sites for hydroxylation is 2. The van der Waals surface area contributed by atoms with Crippen LogP contribution < -0.4 is 4.74 Å². The van der Waals surface area contributed by atoms with E-state index in [1.165, 1.54) is 0 Å². The van der Waals surface area contributed by atoms with E-state index in [1.54, 1.807) is 0 Å². The van der Waals surface area contributed by atoms with Crippen molar-refractivity contribution in [2.24, 2.45) is 0 Å². The molecule has 0 saturated carbocycles. The average Bonchev–Trinajstić information content (AvgIpc) is 2.84. The number of aromatic nitrogens is 2. The Balaban J connectivity index is 2.14. The molecule has 0 N–H and O–H groups in total. The van der Waals surface area contributed by atoms with Gasteiger partial charge >= 0.3 is 0 Å². The van der Waals surface area contributed by atoms with Gasteiger partial charge in [0.05, 0.1) is 22.8 Å². The lowest BCUT2D eigenvalue weighted by molar-refractivity contribution is 0.291. The van der Waals surface area contributed by atoms with Crippen molar-refractivity contribution in [1.82, 2.24) is 9.78 Å². The highest BCUT2D eigenvalue weighted by Gasteiger charge is 2.06. The smallest absolute Gasteiger partial charge is 0.135 e. The van der Waals surface area contributed by atoms with Crippen molar-refractivity contribution in [3.05, 3.63) is 47.3 Å². The third-order valence-corrected chi connectivity index (χ3v) is 2.97. The van der Waals surface area contributed by atoms with Crippen LogP contribution in [0.4, 0.5) is 0 Å². The molecule has 1 heterocycles. The molecular formula is C16H17ClN2O. The normalized spacial score (nSPS) is 9.95. The lowest BCUT2D eigenvalue weighted by Gasteiger charge is -2.09. The predicted octanol–water partition coefficient (Wildman–Crippen LogP) is 3.38. The van der Waals surface area contributed by atoms with Crippen LogP contribution in [0, 0.1) is 18.8 Å². The van der Waals surface area contributed by atoms with Crippen LogP contribution in [0.3, 0.4) is 0 Å². The Hall–Kier alpha value is -1.92. The van der Waals surface area contributed by atoms with Crippen molar-refractivity contribution >= 4 is 11.6 Å². The first-order chi connectivity index (χ1) is 9.74. The highest BCUT2D eigenvalue weighted by atomic mass is 35.5. The number of hydrogen-bond donors (Lipinski definition) is 0. The summed E-state index contributed by atoms with van der Waals surface area (Å²) in [7, 11) is 0. The fourth-order valence-electron chi connectivity index (χ4n) is 1.97. The largest absolute Gasteiger partial charge is 0.486 e. The highest BCUT2D eigenvalue weighted by molar-refractivity contribution is 6.19. The molecule has 0 saturated heterocycles. The summed E-state index contributed by atoms with van der Waals surface area (Å²) in [4.78, 5) is 0. The molecule has 2 rings (SSSR count). The minimum Gasteiger partial charge on any atom is -0.486 e. The van der Waals surface area contributed by atoms with Gasteiger partial charge in [0.1, 0.15) is 12.4 Å². The van der Waals surface area contributed by atoms with E-state index in [2.05, 4.69) is 23.9 Å².